The first-order valence-electron chi connectivity index (χ1n) is 9.38. The molecular weight excluding hydrogens is 412 g/mol. The molecule has 0 bridgehead atoms. The number of anilines is 2. The Hall–Kier alpha value is -4.04. The molecule has 4 rings (SSSR count). The van der Waals surface area contributed by atoms with Gasteiger partial charge in [0.25, 0.3) is 10.0 Å². The van der Waals surface area contributed by atoms with Crippen LogP contribution in [0.5, 0.6) is 0 Å². The lowest BCUT2D eigenvalue weighted by Gasteiger charge is -2.09. The molecule has 0 radical (unpaired) electrons. The predicted molar refractivity (Wildman–Crippen MR) is 121 cm³/mol. The van der Waals surface area contributed by atoms with Gasteiger partial charge in [-0.05, 0) is 54.6 Å². The van der Waals surface area contributed by atoms with E-state index in [1.165, 1.54) is 30.3 Å². The highest BCUT2D eigenvalue weighted by Gasteiger charge is 2.14. The molecule has 0 aliphatic carbocycles. The van der Waals surface area contributed by atoms with E-state index in [2.05, 4.69) is 20.0 Å². The Morgan fingerprint density at radius 2 is 1.48 bits per heavy atom. The number of nitrogens with zero attached hydrogens (tertiary/aromatic N) is 2. The van der Waals surface area contributed by atoms with Gasteiger partial charge in [-0.2, -0.15) is 0 Å². The fourth-order valence-corrected chi connectivity index (χ4v) is 3.89. The summed E-state index contributed by atoms with van der Waals surface area (Å²) >= 11 is 0. The van der Waals surface area contributed by atoms with Crippen molar-refractivity contribution >= 4 is 44.4 Å². The Bertz CT molecular complexity index is 1350. The van der Waals surface area contributed by atoms with Crippen LogP contribution in [0.2, 0.25) is 0 Å². The van der Waals surface area contributed by atoms with Crippen LogP contribution in [-0.4, -0.2) is 24.3 Å². The van der Waals surface area contributed by atoms with Gasteiger partial charge in [-0.15, -0.1) is 0 Å². The van der Waals surface area contributed by atoms with E-state index in [1.807, 2.05) is 24.3 Å². The normalized spacial score (nSPS) is 11.5. The summed E-state index contributed by atoms with van der Waals surface area (Å²) in [6.45, 7) is 0. The second-order valence-corrected chi connectivity index (χ2v) is 8.28. The molecule has 0 aliphatic rings. The maximum Gasteiger partial charge on any atom is 0.261 e. The maximum atomic E-state index is 12.5. The van der Waals surface area contributed by atoms with Crippen LogP contribution in [0.15, 0.2) is 96.0 Å². The van der Waals surface area contributed by atoms with E-state index >= 15 is 0 Å². The average molecular weight is 430 g/mol. The van der Waals surface area contributed by atoms with Crippen molar-refractivity contribution in [2.24, 2.45) is 0 Å². The molecule has 0 aliphatic heterocycles. The van der Waals surface area contributed by atoms with E-state index in [0.717, 1.165) is 11.0 Å². The lowest BCUT2D eigenvalue weighted by atomic mass is 10.3. The number of rotatable bonds is 6. The third-order valence-electron chi connectivity index (χ3n) is 4.33. The van der Waals surface area contributed by atoms with Gasteiger partial charge in [0.05, 0.1) is 27.8 Å². The Morgan fingerprint density at radius 3 is 2.23 bits per heavy atom. The molecule has 31 heavy (non-hydrogen) atoms. The van der Waals surface area contributed by atoms with Gasteiger partial charge in [0.15, 0.2) is 0 Å². The van der Waals surface area contributed by atoms with E-state index in [0.29, 0.717) is 17.1 Å². The molecule has 1 heterocycles. The zero-order valence-corrected chi connectivity index (χ0v) is 17.1. The van der Waals surface area contributed by atoms with E-state index in [9.17, 15) is 13.2 Å². The number of para-hydroxylation sites is 3. The zero-order valence-electron chi connectivity index (χ0n) is 16.3. The number of benzene rings is 3. The fourth-order valence-electron chi connectivity index (χ4n) is 2.83. The third kappa shape index (κ3) is 5.12. The van der Waals surface area contributed by atoms with E-state index < -0.39 is 10.0 Å². The van der Waals surface area contributed by atoms with Gasteiger partial charge in [-0.1, -0.05) is 30.3 Å². The van der Waals surface area contributed by atoms with Crippen LogP contribution in [0.25, 0.3) is 17.1 Å². The Morgan fingerprint density at radius 1 is 0.806 bits per heavy atom. The molecule has 0 saturated carbocycles. The quantitative estimate of drug-likeness (QED) is 0.449. The number of sulfonamides is 1. The van der Waals surface area contributed by atoms with Crippen molar-refractivity contribution in [3.05, 3.63) is 96.8 Å². The Labute approximate surface area is 179 Å². The summed E-state index contributed by atoms with van der Waals surface area (Å²) in [7, 11) is -3.71. The van der Waals surface area contributed by atoms with Crippen molar-refractivity contribution in [2.75, 3.05) is 10.0 Å². The van der Waals surface area contributed by atoms with Gasteiger partial charge in [0.2, 0.25) is 5.91 Å². The molecule has 0 saturated heterocycles. The topological polar surface area (TPSA) is 101 Å². The largest absolute Gasteiger partial charge is 0.323 e. The smallest absolute Gasteiger partial charge is 0.261 e. The molecule has 7 nitrogen and oxygen atoms in total. The highest BCUT2D eigenvalue weighted by molar-refractivity contribution is 7.92. The first kappa shape index (κ1) is 20.2. The van der Waals surface area contributed by atoms with E-state index in [-0.39, 0.29) is 10.8 Å². The molecule has 0 fully saturated rings. The van der Waals surface area contributed by atoms with Crippen molar-refractivity contribution in [3.8, 4) is 0 Å². The Balaban J connectivity index is 1.41. The Kier molecular flexibility index (Phi) is 5.72. The van der Waals surface area contributed by atoms with E-state index in [4.69, 9.17) is 0 Å². The van der Waals surface area contributed by atoms with E-state index in [1.54, 1.807) is 42.6 Å². The molecule has 0 atom stereocenters. The number of amides is 1. The van der Waals surface area contributed by atoms with Gasteiger partial charge in [0, 0.05) is 17.5 Å². The molecule has 8 heteroatoms. The number of hydrogen-bond donors (Lipinski definition) is 2. The number of carbonyl (C=O) groups is 1. The zero-order chi connectivity index (χ0) is 21.7. The first-order valence-corrected chi connectivity index (χ1v) is 10.9. The van der Waals surface area contributed by atoms with Crippen LogP contribution in [0.3, 0.4) is 0 Å². The summed E-state index contributed by atoms with van der Waals surface area (Å²) < 4.78 is 27.4. The van der Waals surface area contributed by atoms with Crippen molar-refractivity contribution in [1.82, 2.24) is 9.97 Å². The van der Waals surface area contributed by atoms with Crippen molar-refractivity contribution in [3.63, 3.8) is 0 Å². The average Bonchev–Trinajstić information content (AvgIpc) is 2.78. The number of carbonyl (C=O) groups excluding carboxylic acids is 1. The monoisotopic (exact) mass is 430 g/mol. The molecule has 0 spiro atoms. The lowest BCUT2D eigenvalue weighted by molar-refractivity contribution is -0.111. The van der Waals surface area contributed by atoms with Crippen molar-refractivity contribution in [2.45, 2.75) is 4.90 Å². The summed E-state index contributed by atoms with van der Waals surface area (Å²) in [6, 6.07) is 22.0. The lowest BCUT2D eigenvalue weighted by Crippen LogP contribution is -2.13. The minimum atomic E-state index is -3.71. The second-order valence-electron chi connectivity index (χ2n) is 6.60. The summed E-state index contributed by atoms with van der Waals surface area (Å²) in [6.07, 6.45) is 4.50. The highest BCUT2D eigenvalue weighted by atomic mass is 32.2. The van der Waals surface area contributed by atoms with Crippen LogP contribution < -0.4 is 10.0 Å². The first-order chi connectivity index (χ1) is 15.0. The van der Waals surface area contributed by atoms with Crippen molar-refractivity contribution in [1.29, 1.82) is 0 Å². The third-order valence-corrected chi connectivity index (χ3v) is 5.73. The molecular formula is C23H18N4O3S. The van der Waals surface area contributed by atoms with Gasteiger partial charge in [-0.3, -0.25) is 14.5 Å². The van der Waals surface area contributed by atoms with Gasteiger partial charge >= 0.3 is 0 Å². The molecule has 0 unspecified atom stereocenters. The predicted octanol–water partition coefficient (Wildman–Crippen LogP) is 4.08. The van der Waals surface area contributed by atoms with Gasteiger partial charge in [0.1, 0.15) is 0 Å². The molecule has 1 aromatic heterocycles. The SMILES string of the molecule is O=C(/C=C/c1cnc2ccccc2n1)Nc1ccc(S(=O)(=O)Nc2ccccc2)cc1. The maximum absolute atomic E-state index is 12.5. The van der Waals surface area contributed by atoms with Gasteiger partial charge < -0.3 is 5.32 Å². The minimum Gasteiger partial charge on any atom is -0.323 e. The summed E-state index contributed by atoms with van der Waals surface area (Å²) in [4.78, 5) is 21.0. The minimum absolute atomic E-state index is 0.0938. The molecule has 4 aromatic rings. The van der Waals surface area contributed by atoms with Crippen LogP contribution in [0.1, 0.15) is 5.69 Å². The van der Waals surface area contributed by atoms with Gasteiger partial charge in [-0.25, -0.2) is 13.4 Å². The van der Waals surface area contributed by atoms with Crippen LogP contribution >= 0.6 is 0 Å². The van der Waals surface area contributed by atoms with Crippen LogP contribution in [-0.2, 0) is 14.8 Å². The number of hydrogen-bond acceptors (Lipinski definition) is 5. The summed E-state index contributed by atoms with van der Waals surface area (Å²) in [5.74, 6) is -0.368. The molecule has 1 amide bonds. The highest BCUT2D eigenvalue weighted by Crippen LogP contribution is 2.18. The van der Waals surface area contributed by atoms with Crippen molar-refractivity contribution < 1.29 is 13.2 Å². The molecule has 2 N–H and O–H groups in total. The number of nitrogens with one attached hydrogen (secondary N) is 2. The molecule has 3 aromatic carbocycles. The fraction of sp³-hybridized carbons (Fsp3) is 0. The second kappa shape index (κ2) is 8.76. The van der Waals surface area contributed by atoms with Crippen LogP contribution in [0.4, 0.5) is 11.4 Å². The van der Waals surface area contributed by atoms with Crippen LogP contribution in [0, 0.1) is 0 Å². The number of aromatic nitrogens is 2. The number of fused-ring (bicyclic) bond motifs is 1. The summed E-state index contributed by atoms with van der Waals surface area (Å²) in [5.41, 5.74) is 3.02. The summed E-state index contributed by atoms with van der Waals surface area (Å²) in [5, 5.41) is 2.69. The molecule has 154 valence electrons. The standard InChI is InChI=1S/C23H18N4O3S/c28-23(15-12-19-16-24-21-8-4-5-9-22(21)25-19)26-17-10-13-20(14-11-17)31(29,30)27-18-6-2-1-3-7-18/h1-16,27H,(H,26,28)/b15-12+.